The topological polar surface area (TPSA) is 78.5 Å². The fourth-order valence-corrected chi connectivity index (χ4v) is 1.01. The maximum Gasteiger partial charge on any atom is 0.325 e. The fraction of sp³-hybridized carbons (Fsp3) is 0.571. The number of likely N-dealkylation sites (N-methyl/N-ethyl adjacent to an activating group) is 1. The van der Waals surface area contributed by atoms with Crippen molar-refractivity contribution in [1.29, 1.82) is 0 Å². The van der Waals surface area contributed by atoms with Gasteiger partial charge in [-0.1, -0.05) is 0 Å². The zero-order valence-corrected chi connectivity index (χ0v) is 7.29. The van der Waals surface area contributed by atoms with Crippen molar-refractivity contribution in [3.05, 3.63) is 0 Å². The number of carbonyl (C=O) groups is 3. The molecule has 0 unspecified atom stereocenters. The van der Waals surface area contributed by atoms with E-state index >= 15 is 0 Å². The first-order valence-electron chi connectivity index (χ1n) is 4.00. The van der Waals surface area contributed by atoms with Gasteiger partial charge >= 0.3 is 6.03 Å². The van der Waals surface area contributed by atoms with Crippen LogP contribution in [0.2, 0.25) is 0 Å². The van der Waals surface area contributed by atoms with Crippen LogP contribution in [0.15, 0.2) is 0 Å². The first-order chi connectivity index (χ1) is 6.15. The number of urea groups is 1. The molecule has 6 nitrogen and oxygen atoms in total. The van der Waals surface area contributed by atoms with Gasteiger partial charge in [-0.15, -0.1) is 0 Å². The molecule has 0 aromatic rings. The number of hydrogen-bond donors (Lipinski definition) is 2. The van der Waals surface area contributed by atoms with Gasteiger partial charge in [0.2, 0.25) is 5.91 Å². The van der Waals surface area contributed by atoms with Crippen molar-refractivity contribution in [1.82, 2.24) is 15.5 Å². The number of rotatable bonds is 3. The Kier molecular flexibility index (Phi) is 2.84. The highest BCUT2D eigenvalue weighted by atomic mass is 16.2. The normalized spacial score (nSPS) is 15.9. The largest absolute Gasteiger partial charge is 0.355 e. The third kappa shape index (κ3) is 2.17. The van der Waals surface area contributed by atoms with Crippen molar-refractivity contribution >= 4 is 17.8 Å². The van der Waals surface area contributed by atoms with Crippen LogP contribution in [-0.4, -0.2) is 42.4 Å². The third-order valence-electron chi connectivity index (χ3n) is 1.61. The molecule has 0 aliphatic carbocycles. The van der Waals surface area contributed by atoms with Gasteiger partial charge in [-0.2, -0.15) is 0 Å². The van der Waals surface area contributed by atoms with E-state index in [1.54, 1.807) is 6.92 Å². The molecule has 4 amide bonds. The zero-order chi connectivity index (χ0) is 9.84. The van der Waals surface area contributed by atoms with Crippen molar-refractivity contribution in [2.75, 3.05) is 19.6 Å². The average Bonchev–Trinajstić information content (AvgIpc) is 2.36. The molecule has 1 aliphatic heterocycles. The molecule has 1 fully saturated rings. The SMILES string of the molecule is CCNC(=O)CN1C(=O)CNC1=O. The molecular formula is C7H11N3O3. The predicted octanol–water partition coefficient (Wildman–Crippen LogP) is -1.33. The lowest BCUT2D eigenvalue weighted by Gasteiger charge is -2.10. The van der Waals surface area contributed by atoms with Crippen LogP contribution >= 0.6 is 0 Å². The number of nitrogens with zero attached hydrogens (tertiary/aromatic N) is 1. The van der Waals surface area contributed by atoms with Crippen LogP contribution in [0, 0.1) is 0 Å². The summed E-state index contributed by atoms with van der Waals surface area (Å²) in [6.07, 6.45) is 0. The Morgan fingerprint density at radius 1 is 1.62 bits per heavy atom. The lowest BCUT2D eigenvalue weighted by atomic mass is 10.5. The van der Waals surface area contributed by atoms with E-state index in [9.17, 15) is 14.4 Å². The first-order valence-corrected chi connectivity index (χ1v) is 4.00. The molecule has 6 heteroatoms. The minimum absolute atomic E-state index is 0.0156. The van der Waals surface area contributed by atoms with Gasteiger partial charge in [0.05, 0.1) is 6.54 Å². The van der Waals surface area contributed by atoms with Gasteiger partial charge in [0.15, 0.2) is 0 Å². The zero-order valence-electron chi connectivity index (χ0n) is 7.29. The Hall–Kier alpha value is -1.59. The van der Waals surface area contributed by atoms with E-state index in [2.05, 4.69) is 10.6 Å². The molecule has 0 atom stereocenters. The number of imide groups is 1. The van der Waals surface area contributed by atoms with E-state index in [1.165, 1.54) is 0 Å². The Morgan fingerprint density at radius 3 is 2.77 bits per heavy atom. The highest BCUT2D eigenvalue weighted by Crippen LogP contribution is 1.97. The lowest BCUT2D eigenvalue weighted by Crippen LogP contribution is -2.40. The van der Waals surface area contributed by atoms with Crippen LogP contribution in [-0.2, 0) is 9.59 Å². The second-order valence-corrected chi connectivity index (χ2v) is 2.59. The van der Waals surface area contributed by atoms with Crippen molar-refractivity contribution in [3.63, 3.8) is 0 Å². The number of carbonyl (C=O) groups excluding carboxylic acids is 3. The maximum absolute atomic E-state index is 11.0. The standard InChI is InChI=1S/C7H11N3O3/c1-2-8-5(11)4-10-6(12)3-9-7(10)13/h2-4H2,1H3,(H,8,11)(H,9,13). The van der Waals surface area contributed by atoms with Crippen LogP contribution in [0.1, 0.15) is 6.92 Å². The van der Waals surface area contributed by atoms with Gasteiger partial charge in [-0.3, -0.25) is 14.5 Å². The lowest BCUT2D eigenvalue weighted by molar-refractivity contribution is -0.130. The molecular weight excluding hydrogens is 174 g/mol. The van der Waals surface area contributed by atoms with Gasteiger partial charge < -0.3 is 10.6 Å². The van der Waals surface area contributed by atoms with Gasteiger partial charge in [0, 0.05) is 6.54 Å². The highest BCUT2D eigenvalue weighted by Gasteiger charge is 2.29. The summed E-state index contributed by atoms with van der Waals surface area (Å²) in [7, 11) is 0. The Labute approximate surface area is 75.3 Å². The summed E-state index contributed by atoms with van der Waals surface area (Å²) in [6.45, 7) is 2.04. The third-order valence-corrected chi connectivity index (χ3v) is 1.61. The molecule has 0 bridgehead atoms. The summed E-state index contributed by atoms with van der Waals surface area (Å²) < 4.78 is 0. The summed E-state index contributed by atoms with van der Waals surface area (Å²) in [6, 6.07) is -0.503. The monoisotopic (exact) mass is 185 g/mol. The molecule has 1 heterocycles. The van der Waals surface area contributed by atoms with Crippen LogP contribution in [0.25, 0.3) is 0 Å². The van der Waals surface area contributed by atoms with Crippen molar-refractivity contribution in [2.24, 2.45) is 0 Å². The molecule has 72 valence electrons. The quantitative estimate of drug-likeness (QED) is 0.535. The highest BCUT2D eigenvalue weighted by molar-refractivity contribution is 6.04. The van der Waals surface area contributed by atoms with Gasteiger partial charge in [-0.05, 0) is 6.92 Å². The predicted molar refractivity (Wildman–Crippen MR) is 43.8 cm³/mol. The molecule has 1 aliphatic rings. The molecule has 0 radical (unpaired) electrons. The molecule has 0 spiro atoms. The Balaban J connectivity index is 2.48. The Morgan fingerprint density at radius 2 is 2.31 bits per heavy atom. The van der Waals surface area contributed by atoms with E-state index < -0.39 is 6.03 Å². The van der Waals surface area contributed by atoms with Crippen molar-refractivity contribution in [3.8, 4) is 0 Å². The Bertz CT molecular complexity index is 235. The second kappa shape index (κ2) is 3.88. The van der Waals surface area contributed by atoms with E-state index in [-0.39, 0.29) is 24.9 Å². The van der Waals surface area contributed by atoms with Crippen LogP contribution in [0.5, 0.6) is 0 Å². The number of amides is 4. The van der Waals surface area contributed by atoms with E-state index in [0.717, 1.165) is 4.90 Å². The summed E-state index contributed by atoms with van der Waals surface area (Å²) in [5.41, 5.74) is 0. The van der Waals surface area contributed by atoms with E-state index in [0.29, 0.717) is 6.54 Å². The van der Waals surface area contributed by atoms with E-state index in [4.69, 9.17) is 0 Å². The van der Waals surface area contributed by atoms with Gasteiger partial charge in [0.25, 0.3) is 5.91 Å². The molecule has 1 rings (SSSR count). The smallest absolute Gasteiger partial charge is 0.325 e. The van der Waals surface area contributed by atoms with Crippen LogP contribution in [0.4, 0.5) is 4.79 Å². The minimum Gasteiger partial charge on any atom is -0.355 e. The minimum atomic E-state index is -0.503. The fourth-order valence-electron chi connectivity index (χ4n) is 1.01. The molecule has 0 aromatic heterocycles. The molecule has 13 heavy (non-hydrogen) atoms. The summed E-state index contributed by atoms with van der Waals surface area (Å²) in [5.74, 6) is -0.691. The second-order valence-electron chi connectivity index (χ2n) is 2.59. The van der Waals surface area contributed by atoms with Crippen LogP contribution < -0.4 is 10.6 Å². The summed E-state index contributed by atoms with van der Waals surface area (Å²) in [5, 5.41) is 4.82. The van der Waals surface area contributed by atoms with Gasteiger partial charge in [-0.25, -0.2) is 4.79 Å². The molecule has 2 N–H and O–H groups in total. The first kappa shape index (κ1) is 9.50. The average molecular weight is 185 g/mol. The van der Waals surface area contributed by atoms with Gasteiger partial charge in [0.1, 0.15) is 6.54 Å². The van der Waals surface area contributed by atoms with Crippen LogP contribution in [0.3, 0.4) is 0 Å². The molecule has 1 saturated heterocycles. The number of hydrogen-bond acceptors (Lipinski definition) is 3. The summed E-state index contributed by atoms with van der Waals surface area (Å²) in [4.78, 5) is 33.8. The van der Waals surface area contributed by atoms with E-state index in [1.807, 2.05) is 0 Å². The number of nitrogens with one attached hydrogen (secondary N) is 2. The maximum atomic E-state index is 11.0. The van der Waals surface area contributed by atoms with Crippen molar-refractivity contribution < 1.29 is 14.4 Å². The van der Waals surface area contributed by atoms with Crippen molar-refractivity contribution in [2.45, 2.75) is 6.92 Å². The molecule has 0 aromatic carbocycles. The molecule has 0 saturated carbocycles. The summed E-state index contributed by atoms with van der Waals surface area (Å²) >= 11 is 0.